The van der Waals surface area contributed by atoms with Gasteiger partial charge in [-0.2, -0.15) is 13.2 Å². The first kappa shape index (κ1) is 16.1. The smallest absolute Gasteiger partial charge is 0.324 e. The van der Waals surface area contributed by atoms with Gasteiger partial charge < -0.3 is 5.73 Å². The molecule has 0 radical (unpaired) electrons. The lowest BCUT2D eigenvalue weighted by Crippen LogP contribution is -2.14. The first-order valence-corrected chi connectivity index (χ1v) is 6.90. The second-order valence-electron chi connectivity index (χ2n) is 4.64. The van der Waals surface area contributed by atoms with Crippen LogP contribution in [0.15, 0.2) is 42.5 Å². The maximum absolute atomic E-state index is 12.5. The summed E-state index contributed by atoms with van der Waals surface area (Å²) in [6.45, 7) is 0. The summed E-state index contributed by atoms with van der Waals surface area (Å²) in [5, 5.41) is 0.843. The minimum Gasteiger partial charge on any atom is -0.324 e. The molecule has 2 aromatic carbocycles. The van der Waals surface area contributed by atoms with Crippen LogP contribution in [0.4, 0.5) is 13.2 Å². The number of nitrogens with two attached hydrogens (primary N) is 1. The molecule has 21 heavy (non-hydrogen) atoms. The second kappa shape index (κ2) is 6.26. The molecule has 0 spiro atoms. The molecule has 0 saturated carbocycles. The van der Waals surface area contributed by atoms with Gasteiger partial charge in [0.05, 0.1) is 15.6 Å². The highest BCUT2D eigenvalue weighted by Gasteiger charge is 2.30. The third-order valence-corrected chi connectivity index (χ3v) is 4.00. The van der Waals surface area contributed by atoms with Crippen LogP contribution in [0.1, 0.15) is 22.7 Å². The monoisotopic (exact) mass is 333 g/mol. The van der Waals surface area contributed by atoms with E-state index in [-0.39, 0.29) is 0 Å². The van der Waals surface area contributed by atoms with E-state index in [1.807, 2.05) is 0 Å². The van der Waals surface area contributed by atoms with E-state index in [2.05, 4.69) is 0 Å². The molecule has 2 aromatic rings. The Morgan fingerprint density at radius 3 is 2.19 bits per heavy atom. The zero-order valence-corrected chi connectivity index (χ0v) is 12.3. The number of rotatable bonds is 3. The van der Waals surface area contributed by atoms with E-state index in [1.165, 1.54) is 12.1 Å². The second-order valence-corrected chi connectivity index (χ2v) is 5.43. The third-order valence-electron chi connectivity index (χ3n) is 3.14. The Hall–Kier alpha value is -1.23. The molecule has 6 heteroatoms. The summed E-state index contributed by atoms with van der Waals surface area (Å²) in [6.07, 6.45) is -3.95. The molecular weight excluding hydrogens is 322 g/mol. The topological polar surface area (TPSA) is 26.0 Å². The minimum absolute atomic E-state index is 0.394. The number of alkyl halides is 3. The van der Waals surface area contributed by atoms with Crippen molar-refractivity contribution in [3.05, 3.63) is 69.2 Å². The summed E-state index contributed by atoms with van der Waals surface area (Å²) >= 11 is 12.0. The molecule has 0 saturated heterocycles. The van der Waals surface area contributed by atoms with Crippen LogP contribution in [0, 0.1) is 0 Å². The largest absolute Gasteiger partial charge is 0.416 e. The van der Waals surface area contributed by atoms with Gasteiger partial charge in [-0.3, -0.25) is 0 Å². The van der Waals surface area contributed by atoms with Gasteiger partial charge in [-0.25, -0.2) is 0 Å². The van der Waals surface area contributed by atoms with E-state index in [9.17, 15) is 13.2 Å². The number of benzene rings is 2. The van der Waals surface area contributed by atoms with Gasteiger partial charge >= 0.3 is 6.18 Å². The molecule has 2 rings (SSSR count). The fourth-order valence-corrected chi connectivity index (χ4v) is 2.38. The summed E-state index contributed by atoms with van der Waals surface area (Å²) < 4.78 is 37.5. The molecule has 0 fully saturated rings. The molecule has 2 N–H and O–H groups in total. The molecule has 1 nitrogen and oxygen atoms in total. The minimum atomic E-state index is -4.35. The van der Waals surface area contributed by atoms with Gasteiger partial charge in [0.1, 0.15) is 0 Å². The third kappa shape index (κ3) is 3.90. The predicted molar refractivity (Wildman–Crippen MR) is 78.5 cm³/mol. The van der Waals surface area contributed by atoms with Crippen molar-refractivity contribution in [2.24, 2.45) is 5.73 Å². The van der Waals surface area contributed by atoms with Crippen molar-refractivity contribution in [3.8, 4) is 0 Å². The maximum Gasteiger partial charge on any atom is 0.416 e. The highest BCUT2D eigenvalue weighted by Crippen LogP contribution is 2.31. The highest BCUT2D eigenvalue weighted by molar-refractivity contribution is 6.42. The van der Waals surface area contributed by atoms with Crippen molar-refractivity contribution in [1.82, 2.24) is 0 Å². The van der Waals surface area contributed by atoms with Crippen LogP contribution in [0.2, 0.25) is 10.0 Å². The summed E-state index contributed by atoms with van der Waals surface area (Å²) in [5.41, 5.74) is 6.70. The van der Waals surface area contributed by atoms with Gasteiger partial charge in [0.2, 0.25) is 0 Å². The lowest BCUT2D eigenvalue weighted by atomic mass is 9.98. The summed E-state index contributed by atoms with van der Waals surface area (Å²) in [6, 6.07) is 9.56. The summed E-state index contributed by atoms with van der Waals surface area (Å²) in [5.74, 6) is 0. The molecule has 0 bridgehead atoms. The molecule has 0 aliphatic carbocycles. The van der Waals surface area contributed by atoms with E-state index in [4.69, 9.17) is 28.9 Å². The van der Waals surface area contributed by atoms with Crippen LogP contribution in [-0.4, -0.2) is 0 Å². The Balaban J connectivity index is 2.17. The first-order chi connectivity index (χ1) is 9.79. The van der Waals surface area contributed by atoms with Crippen molar-refractivity contribution < 1.29 is 13.2 Å². The highest BCUT2D eigenvalue weighted by atomic mass is 35.5. The van der Waals surface area contributed by atoms with Gasteiger partial charge in [0.25, 0.3) is 0 Å². The average Bonchev–Trinajstić information content (AvgIpc) is 2.43. The summed E-state index contributed by atoms with van der Waals surface area (Å²) in [4.78, 5) is 0. The zero-order valence-electron chi connectivity index (χ0n) is 10.8. The number of halogens is 5. The fourth-order valence-electron chi connectivity index (χ4n) is 1.98. The Kier molecular flexibility index (Phi) is 4.81. The van der Waals surface area contributed by atoms with Crippen molar-refractivity contribution in [1.29, 1.82) is 0 Å². The molecule has 0 aliphatic rings. The van der Waals surface area contributed by atoms with E-state index in [0.717, 1.165) is 17.7 Å². The quantitative estimate of drug-likeness (QED) is 0.815. The SMILES string of the molecule is NC(Cc1cccc(Cl)c1Cl)c1ccc(C(F)(F)F)cc1. The molecule has 0 aliphatic heterocycles. The number of hydrogen-bond donors (Lipinski definition) is 1. The Bertz CT molecular complexity index is 624. The van der Waals surface area contributed by atoms with Crippen molar-refractivity contribution >= 4 is 23.2 Å². The lowest BCUT2D eigenvalue weighted by molar-refractivity contribution is -0.137. The van der Waals surface area contributed by atoms with Crippen molar-refractivity contribution in [3.63, 3.8) is 0 Å². The van der Waals surface area contributed by atoms with Crippen LogP contribution < -0.4 is 5.73 Å². The fraction of sp³-hybridized carbons (Fsp3) is 0.200. The van der Waals surface area contributed by atoms with Crippen LogP contribution in [0.3, 0.4) is 0 Å². The maximum atomic E-state index is 12.5. The van der Waals surface area contributed by atoms with E-state index in [0.29, 0.717) is 22.0 Å². The Morgan fingerprint density at radius 1 is 1.00 bits per heavy atom. The van der Waals surface area contributed by atoms with Crippen LogP contribution in [-0.2, 0) is 12.6 Å². The number of hydrogen-bond acceptors (Lipinski definition) is 1. The van der Waals surface area contributed by atoms with E-state index >= 15 is 0 Å². The van der Waals surface area contributed by atoms with Crippen molar-refractivity contribution in [2.45, 2.75) is 18.6 Å². The van der Waals surface area contributed by atoms with Gasteiger partial charge in [-0.1, -0.05) is 47.5 Å². The van der Waals surface area contributed by atoms with Gasteiger partial charge in [0, 0.05) is 6.04 Å². The molecule has 1 atom stereocenters. The molecule has 1 unspecified atom stereocenters. The first-order valence-electron chi connectivity index (χ1n) is 6.14. The van der Waals surface area contributed by atoms with Gasteiger partial charge in [0.15, 0.2) is 0 Å². The van der Waals surface area contributed by atoms with E-state index < -0.39 is 17.8 Å². The predicted octanol–water partition coefficient (Wildman–Crippen LogP) is 5.25. The van der Waals surface area contributed by atoms with Crippen molar-refractivity contribution in [2.75, 3.05) is 0 Å². The molecule has 112 valence electrons. The normalized spacial score (nSPS) is 13.2. The van der Waals surface area contributed by atoms with Crippen LogP contribution in [0.5, 0.6) is 0 Å². The van der Waals surface area contributed by atoms with Crippen LogP contribution in [0.25, 0.3) is 0 Å². The molecule has 0 aromatic heterocycles. The standard InChI is InChI=1S/C15H12Cl2F3N/c16-12-3-1-2-10(14(12)17)8-13(21)9-4-6-11(7-5-9)15(18,19)20/h1-7,13H,8,21H2. The molecular formula is C15H12Cl2F3N. The average molecular weight is 334 g/mol. The molecule has 0 heterocycles. The molecule has 0 amide bonds. The summed E-state index contributed by atoms with van der Waals surface area (Å²) in [7, 11) is 0. The Labute approximate surface area is 130 Å². The van der Waals surface area contributed by atoms with Gasteiger partial charge in [-0.05, 0) is 35.7 Å². The zero-order chi connectivity index (χ0) is 15.6. The lowest BCUT2D eigenvalue weighted by Gasteiger charge is -2.15. The Morgan fingerprint density at radius 2 is 1.62 bits per heavy atom. The van der Waals surface area contributed by atoms with Crippen LogP contribution >= 0.6 is 23.2 Å². The van der Waals surface area contributed by atoms with Gasteiger partial charge in [-0.15, -0.1) is 0 Å². The van der Waals surface area contributed by atoms with E-state index in [1.54, 1.807) is 18.2 Å².